The summed E-state index contributed by atoms with van der Waals surface area (Å²) in [5.41, 5.74) is 1.09. The van der Waals surface area contributed by atoms with Gasteiger partial charge in [0.2, 0.25) is 0 Å². The van der Waals surface area contributed by atoms with Gasteiger partial charge in [0.1, 0.15) is 6.17 Å². The smallest absolute Gasteiger partial charge is 0.116 e. The van der Waals surface area contributed by atoms with Gasteiger partial charge in [0.25, 0.3) is 0 Å². The summed E-state index contributed by atoms with van der Waals surface area (Å²) in [6.45, 7) is 2.09. The summed E-state index contributed by atoms with van der Waals surface area (Å²) in [6, 6.07) is 9.89. The minimum absolute atomic E-state index is 0.000324. The first-order chi connectivity index (χ1) is 6.75. The van der Waals surface area contributed by atoms with E-state index in [1.807, 2.05) is 30.3 Å². The van der Waals surface area contributed by atoms with Crippen LogP contribution in [0.1, 0.15) is 35.7 Å². The second kappa shape index (κ2) is 6.38. The molecule has 2 atom stereocenters. The molecule has 2 heteroatoms. The van der Waals surface area contributed by atoms with Crippen molar-refractivity contribution in [2.75, 3.05) is 0 Å². The third kappa shape index (κ3) is 3.56. The molecule has 0 nitrogen and oxygen atoms in total. The molecule has 0 saturated carbocycles. The topological polar surface area (TPSA) is 0 Å². The zero-order chi connectivity index (χ0) is 10.4. The van der Waals surface area contributed by atoms with Crippen LogP contribution in [0.25, 0.3) is 0 Å². The lowest BCUT2D eigenvalue weighted by Crippen LogP contribution is -2.07. The zero-order valence-corrected chi connectivity index (χ0v) is 10.6. The van der Waals surface area contributed by atoms with Crippen molar-refractivity contribution in [2.45, 2.75) is 36.3 Å². The molecule has 0 spiro atoms. The maximum Gasteiger partial charge on any atom is 0.116 e. The summed E-state index contributed by atoms with van der Waals surface area (Å²) in [5.74, 6) is 0. The van der Waals surface area contributed by atoms with Crippen LogP contribution in [-0.2, 0) is 0 Å². The van der Waals surface area contributed by atoms with Gasteiger partial charge in [-0.05, 0) is 12.0 Å². The number of halogens is 2. The molecular formula is C12H16FI. The minimum atomic E-state index is -0.710. The number of rotatable bonds is 5. The van der Waals surface area contributed by atoms with Crippen LogP contribution < -0.4 is 0 Å². The van der Waals surface area contributed by atoms with E-state index in [-0.39, 0.29) is 3.92 Å². The molecule has 1 aromatic rings. The van der Waals surface area contributed by atoms with Gasteiger partial charge >= 0.3 is 0 Å². The Hall–Kier alpha value is -0.120. The average Bonchev–Trinajstić information content (AvgIpc) is 2.26. The van der Waals surface area contributed by atoms with E-state index in [1.54, 1.807) is 0 Å². The fraction of sp³-hybridized carbons (Fsp3) is 0.500. The summed E-state index contributed by atoms with van der Waals surface area (Å²) in [4.78, 5) is 0. The SMILES string of the molecule is CCCCC(F)C(I)c1ccccc1. The van der Waals surface area contributed by atoms with Crippen LogP contribution >= 0.6 is 22.6 Å². The monoisotopic (exact) mass is 306 g/mol. The van der Waals surface area contributed by atoms with Gasteiger partial charge in [-0.25, -0.2) is 4.39 Å². The molecule has 14 heavy (non-hydrogen) atoms. The van der Waals surface area contributed by atoms with Crippen molar-refractivity contribution >= 4 is 22.6 Å². The molecule has 0 aliphatic heterocycles. The standard InChI is InChI=1S/C12H16FI/c1-2-3-9-11(13)12(14)10-7-5-4-6-8-10/h4-8,11-12H,2-3,9H2,1H3. The van der Waals surface area contributed by atoms with Crippen molar-refractivity contribution in [3.8, 4) is 0 Å². The van der Waals surface area contributed by atoms with Gasteiger partial charge in [0.05, 0.1) is 3.92 Å². The first kappa shape index (κ1) is 12.0. The van der Waals surface area contributed by atoms with Gasteiger partial charge in [-0.15, -0.1) is 0 Å². The molecule has 2 unspecified atom stereocenters. The molecule has 0 amide bonds. The van der Waals surface area contributed by atoms with Gasteiger partial charge in [0.15, 0.2) is 0 Å². The summed E-state index contributed by atoms with van der Waals surface area (Å²) < 4.78 is 13.7. The van der Waals surface area contributed by atoms with Crippen molar-refractivity contribution < 1.29 is 4.39 Å². The molecule has 78 valence electrons. The van der Waals surface area contributed by atoms with Gasteiger partial charge in [-0.1, -0.05) is 72.7 Å². The fourth-order valence-electron chi connectivity index (χ4n) is 1.39. The Kier molecular flexibility index (Phi) is 5.45. The molecule has 0 N–H and O–H groups in total. The third-order valence-corrected chi connectivity index (χ3v) is 3.77. The van der Waals surface area contributed by atoms with E-state index >= 15 is 0 Å². The largest absolute Gasteiger partial charge is 0.246 e. The number of unbranched alkanes of at least 4 members (excludes halogenated alkanes) is 1. The Balaban J connectivity index is 2.52. The normalized spacial score (nSPS) is 15.1. The third-order valence-electron chi connectivity index (χ3n) is 2.27. The van der Waals surface area contributed by atoms with Crippen LogP contribution in [0.4, 0.5) is 4.39 Å². The van der Waals surface area contributed by atoms with Gasteiger partial charge in [0, 0.05) is 0 Å². The predicted octanol–water partition coefficient (Wildman–Crippen LogP) is 4.69. The first-order valence-electron chi connectivity index (χ1n) is 5.08. The quantitative estimate of drug-likeness (QED) is 0.547. The lowest BCUT2D eigenvalue weighted by atomic mass is 10.0. The first-order valence-corrected chi connectivity index (χ1v) is 6.33. The maximum atomic E-state index is 13.7. The van der Waals surface area contributed by atoms with Crippen molar-refractivity contribution in [1.82, 2.24) is 0 Å². The number of benzene rings is 1. The molecular weight excluding hydrogens is 290 g/mol. The van der Waals surface area contributed by atoms with E-state index < -0.39 is 6.17 Å². The molecule has 0 saturated heterocycles. The van der Waals surface area contributed by atoms with E-state index in [9.17, 15) is 4.39 Å². The molecule has 0 heterocycles. The van der Waals surface area contributed by atoms with Crippen LogP contribution in [0.15, 0.2) is 30.3 Å². The molecule has 0 aliphatic carbocycles. The van der Waals surface area contributed by atoms with Crippen molar-refractivity contribution in [3.05, 3.63) is 35.9 Å². The highest BCUT2D eigenvalue weighted by Gasteiger charge is 2.18. The van der Waals surface area contributed by atoms with Gasteiger partial charge in [-0.3, -0.25) is 0 Å². The molecule has 0 radical (unpaired) electrons. The van der Waals surface area contributed by atoms with Crippen LogP contribution in [0.3, 0.4) is 0 Å². The lowest BCUT2D eigenvalue weighted by molar-refractivity contribution is 0.307. The molecule has 1 rings (SSSR count). The van der Waals surface area contributed by atoms with E-state index in [1.165, 1.54) is 0 Å². The van der Waals surface area contributed by atoms with Crippen molar-refractivity contribution in [1.29, 1.82) is 0 Å². The Morgan fingerprint density at radius 3 is 2.50 bits per heavy atom. The maximum absolute atomic E-state index is 13.7. The fourth-order valence-corrected chi connectivity index (χ4v) is 2.17. The number of alkyl halides is 2. The summed E-state index contributed by atoms with van der Waals surface area (Å²) in [7, 11) is 0. The summed E-state index contributed by atoms with van der Waals surface area (Å²) in [6.07, 6.45) is 2.02. The molecule has 0 aromatic heterocycles. The molecule has 0 fully saturated rings. The Morgan fingerprint density at radius 2 is 1.93 bits per heavy atom. The van der Waals surface area contributed by atoms with Crippen molar-refractivity contribution in [2.24, 2.45) is 0 Å². The number of hydrogen-bond donors (Lipinski definition) is 0. The second-order valence-electron chi connectivity index (χ2n) is 3.47. The summed E-state index contributed by atoms with van der Waals surface area (Å²) >= 11 is 2.20. The second-order valence-corrected chi connectivity index (χ2v) is 4.81. The van der Waals surface area contributed by atoms with Crippen LogP contribution in [0, 0.1) is 0 Å². The molecule has 0 bridgehead atoms. The summed E-state index contributed by atoms with van der Waals surface area (Å²) in [5, 5.41) is 0. The molecule has 0 aliphatic rings. The van der Waals surface area contributed by atoms with Crippen molar-refractivity contribution in [3.63, 3.8) is 0 Å². The van der Waals surface area contributed by atoms with E-state index in [2.05, 4.69) is 29.5 Å². The average molecular weight is 306 g/mol. The lowest BCUT2D eigenvalue weighted by Gasteiger charge is -2.14. The zero-order valence-electron chi connectivity index (χ0n) is 8.42. The highest BCUT2D eigenvalue weighted by atomic mass is 127. The Morgan fingerprint density at radius 1 is 1.29 bits per heavy atom. The van der Waals surface area contributed by atoms with Crippen LogP contribution in [0.5, 0.6) is 0 Å². The Labute approximate surface area is 99.0 Å². The minimum Gasteiger partial charge on any atom is -0.246 e. The highest BCUT2D eigenvalue weighted by molar-refractivity contribution is 14.1. The van der Waals surface area contributed by atoms with Gasteiger partial charge in [-0.2, -0.15) is 0 Å². The molecule has 1 aromatic carbocycles. The van der Waals surface area contributed by atoms with Crippen LogP contribution in [0.2, 0.25) is 0 Å². The highest BCUT2D eigenvalue weighted by Crippen LogP contribution is 2.31. The van der Waals surface area contributed by atoms with E-state index in [4.69, 9.17) is 0 Å². The van der Waals surface area contributed by atoms with Gasteiger partial charge < -0.3 is 0 Å². The Bertz CT molecular complexity index is 248. The predicted molar refractivity (Wildman–Crippen MR) is 67.6 cm³/mol. The van der Waals surface area contributed by atoms with E-state index in [0.717, 1.165) is 18.4 Å². The van der Waals surface area contributed by atoms with Crippen LogP contribution in [-0.4, -0.2) is 6.17 Å². The van der Waals surface area contributed by atoms with E-state index in [0.29, 0.717) is 6.42 Å². The number of hydrogen-bond acceptors (Lipinski definition) is 0.